The molecule has 2 aromatic heterocycles. The van der Waals surface area contributed by atoms with Crippen molar-refractivity contribution in [1.82, 2.24) is 9.97 Å². The molecule has 0 atom stereocenters. The first-order chi connectivity index (χ1) is 9.70. The minimum absolute atomic E-state index is 0.771. The van der Waals surface area contributed by atoms with Crippen LogP contribution in [0, 0.1) is 6.92 Å². The van der Waals surface area contributed by atoms with Crippen LogP contribution >= 0.6 is 11.3 Å². The Morgan fingerprint density at radius 1 is 1.15 bits per heavy atom. The Morgan fingerprint density at radius 3 is 2.75 bits per heavy atom. The quantitative estimate of drug-likeness (QED) is 0.734. The first-order valence-corrected chi connectivity index (χ1v) is 7.17. The van der Waals surface area contributed by atoms with Crippen molar-refractivity contribution in [2.45, 2.75) is 6.92 Å². The largest absolute Gasteiger partial charge is 0.495 e. The fourth-order valence-corrected chi connectivity index (χ4v) is 3.06. The molecule has 0 radical (unpaired) electrons. The van der Waals surface area contributed by atoms with Crippen molar-refractivity contribution in [3.63, 3.8) is 0 Å². The van der Waals surface area contributed by atoms with Crippen LogP contribution in [0.4, 0.5) is 11.5 Å². The lowest BCUT2D eigenvalue weighted by molar-refractivity contribution is 0.415. The molecule has 102 valence electrons. The summed E-state index contributed by atoms with van der Waals surface area (Å²) in [5.41, 5.74) is 1.97. The molecule has 20 heavy (non-hydrogen) atoms. The number of rotatable bonds is 3. The molecule has 4 nitrogen and oxygen atoms in total. The number of hydrogen-bond donors (Lipinski definition) is 0. The number of benzene rings is 1. The minimum atomic E-state index is 0.771. The number of aryl methyl sites for hydroxylation is 1. The summed E-state index contributed by atoms with van der Waals surface area (Å²) >= 11 is 1.65. The van der Waals surface area contributed by atoms with Gasteiger partial charge in [0.1, 0.15) is 11.6 Å². The van der Waals surface area contributed by atoms with Crippen LogP contribution in [0.2, 0.25) is 0 Å². The molecule has 5 heteroatoms. The second kappa shape index (κ2) is 5.09. The van der Waals surface area contributed by atoms with Crippen molar-refractivity contribution in [1.29, 1.82) is 0 Å². The number of ether oxygens (including phenoxy) is 1. The fourth-order valence-electron chi connectivity index (χ4n) is 2.21. The Morgan fingerprint density at radius 2 is 1.95 bits per heavy atom. The highest BCUT2D eigenvalue weighted by Crippen LogP contribution is 2.36. The third-order valence-corrected chi connectivity index (χ3v) is 4.06. The van der Waals surface area contributed by atoms with E-state index in [1.54, 1.807) is 18.4 Å². The zero-order valence-corrected chi connectivity index (χ0v) is 12.4. The van der Waals surface area contributed by atoms with Crippen LogP contribution in [0.25, 0.3) is 10.2 Å². The highest BCUT2D eigenvalue weighted by molar-refractivity contribution is 7.17. The van der Waals surface area contributed by atoms with Crippen molar-refractivity contribution in [2.24, 2.45) is 0 Å². The van der Waals surface area contributed by atoms with E-state index >= 15 is 0 Å². The number of hydrogen-bond acceptors (Lipinski definition) is 5. The number of thiophene rings is 1. The number of nitrogens with zero attached hydrogens (tertiary/aromatic N) is 3. The standard InChI is InChI=1S/C15H15N3OS/c1-10-16-11-8-9-20-14(11)15(17-10)18(2)12-6-4-5-7-13(12)19-3/h4-9H,1-3H3. The van der Waals surface area contributed by atoms with Gasteiger partial charge in [0, 0.05) is 7.05 Å². The van der Waals surface area contributed by atoms with Crippen LogP contribution in [0.1, 0.15) is 5.82 Å². The van der Waals surface area contributed by atoms with Crippen molar-refractivity contribution < 1.29 is 4.74 Å². The summed E-state index contributed by atoms with van der Waals surface area (Å²) in [7, 11) is 3.68. The third-order valence-electron chi connectivity index (χ3n) is 3.16. The molecule has 0 fully saturated rings. The fraction of sp³-hybridized carbons (Fsp3) is 0.200. The van der Waals surface area contributed by atoms with Crippen molar-refractivity contribution in [3.05, 3.63) is 41.5 Å². The van der Waals surface area contributed by atoms with Gasteiger partial charge in [-0.1, -0.05) is 12.1 Å². The van der Waals surface area contributed by atoms with Crippen LogP contribution in [0.5, 0.6) is 5.75 Å². The molecule has 2 heterocycles. The number of aromatic nitrogens is 2. The molecule has 1 aromatic carbocycles. The summed E-state index contributed by atoms with van der Waals surface area (Å²) in [6.45, 7) is 1.91. The maximum atomic E-state index is 5.43. The van der Waals surface area contributed by atoms with Crippen molar-refractivity contribution >= 4 is 33.1 Å². The van der Waals surface area contributed by atoms with Crippen molar-refractivity contribution in [2.75, 3.05) is 19.1 Å². The average molecular weight is 285 g/mol. The Labute approximate surface area is 121 Å². The van der Waals surface area contributed by atoms with Crippen LogP contribution in [0.3, 0.4) is 0 Å². The van der Waals surface area contributed by atoms with Crippen LogP contribution in [-0.4, -0.2) is 24.1 Å². The zero-order chi connectivity index (χ0) is 14.1. The summed E-state index contributed by atoms with van der Waals surface area (Å²) in [4.78, 5) is 11.1. The highest BCUT2D eigenvalue weighted by Gasteiger charge is 2.15. The highest BCUT2D eigenvalue weighted by atomic mass is 32.1. The lowest BCUT2D eigenvalue weighted by atomic mass is 10.2. The first-order valence-electron chi connectivity index (χ1n) is 6.29. The maximum Gasteiger partial charge on any atom is 0.154 e. The molecule has 0 amide bonds. The molecular formula is C15H15N3OS. The molecular weight excluding hydrogens is 270 g/mol. The van der Waals surface area contributed by atoms with E-state index in [4.69, 9.17) is 4.74 Å². The smallest absolute Gasteiger partial charge is 0.154 e. The van der Waals surface area contributed by atoms with Crippen LogP contribution < -0.4 is 9.64 Å². The van der Waals surface area contributed by atoms with E-state index in [2.05, 4.69) is 9.97 Å². The molecule has 0 N–H and O–H groups in total. The topological polar surface area (TPSA) is 38.2 Å². The lowest BCUT2D eigenvalue weighted by Gasteiger charge is -2.21. The molecule has 0 saturated carbocycles. The summed E-state index contributed by atoms with van der Waals surface area (Å²) in [6.07, 6.45) is 0. The average Bonchev–Trinajstić information content (AvgIpc) is 2.93. The number of methoxy groups -OCH3 is 1. The van der Waals surface area contributed by atoms with E-state index in [0.29, 0.717) is 0 Å². The van der Waals surface area contributed by atoms with Gasteiger partial charge in [-0.15, -0.1) is 11.3 Å². The monoisotopic (exact) mass is 285 g/mol. The molecule has 0 aliphatic carbocycles. The molecule has 0 aliphatic heterocycles. The molecule has 0 bridgehead atoms. The van der Waals surface area contributed by atoms with Gasteiger partial charge in [0.2, 0.25) is 0 Å². The van der Waals surface area contributed by atoms with Crippen molar-refractivity contribution in [3.8, 4) is 5.75 Å². The van der Waals surface area contributed by atoms with E-state index in [9.17, 15) is 0 Å². The Hall–Kier alpha value is -2.14. The summed E-state index contributed by atoms with van der Waals surface area (Å²) in [5.74, 6) is 2.51. The minimum Gasteiger partial charge on any atom is -0.495 e. The van der Waals surface area contributed by atoms with E-state index in [-0.39, 0.29) is 0 Å². The molecule has 0 unspecified atom stereocenters. The van der Waals surface area contributed by atoms with E-state index in [1.165, 1.54) is 0 Å². The maximum absolute atomic E-state index is 5.43. The Bertz CT molecular complexity index is 754. The molecule has 3 aromatic rings. The first kappa shape index (κ1) is 12.9. The van der Waals surface area contributed by atoms with Gasteiger partial charge in [0.15, 0.2) is 5.82 Å². The number of fused-ring (bicyclic) bond motifs is 1. The van der Waals surface area contributed by atoms with Gasteiger partial charge in [-0.2, -0.15) is 0 Å². The number of para-hydroxylation sites is 2. The van der Waals surface area contributed by atoms with Gasteiger partial charge in [-0.25, -0.2) is 9.97 Å². The van der Waals surface area contributed by atoms with Gasteiger partial charge < -0.3 is 9.64 Å². The van der Waals surface area contributed by atoms with E-state index in [1.807, 2.05) is 54.6 Å². The van der Waals surface area contributed by atoms with Crippen LogP contribution in [0.15, 0.2) is 35.7 Å². The third kappa shape index (κ3) is 2.10. The van der Waals surface area contributed by atoms with Gasteiger partial charge in [0.05, 0.1) is 23.0 Å². The van der Waals surface area contributed by atoms with Gasteiger partial charge in [-0.3, -0.25) is 0 Å². The number of anilines is 2. The van der Waals surface area contributed by atoms with E-state index in [0.717, 1.165) is 33.3 Å². The molecule has 0 aliphatic rings. The molecule has 0 spiro atoms. The lowest BCUT2D eigenvalue weighted by Crippen LogP contribution is -2.13. The van der Waals surface area contributed by atoms with E-state index < -0.39 is 0 Å². The normalized spacial score (nSPS) is 10.8. The molecule has 3 rings (SSSR count). The second-order valence-corrected chi connectivity index (χ2v) is 5.38. The Kier molecular flexibility index (Phi) is 3.28. The predicted molar refractivity (Wildman–Crippen MR) is 83.2 cm³/mol. The van der Waals surface area contributed by atoms with Gasteiger partial charge >= 0.3 is 0 Å². The SMILES string of the molecule is COc1ccccc1N(C)c1nc(C)nc2ccsc12. The second-order valence-electron chi connectivity index (χ2n) is 4.46. The zero-order valence-electron chi connectivity index (χ0n) is 11.6. The Balaban J connectivity index is 2.17. The summed E-state index contributed by atoms with van der Waals surface area (Å²) < 4.78 is 6.52. The summed E-state index contributed by atoms with van der Waals surface area (Å²) in [5, 5.41) is 2.04. The molecule has 0 saturated heterocycles. The summed E-state index contributed by atoms with van der Waals surface area (Å²) in [6, 6.07) is 9.95. The van der Waals surface area contributed by atoms with Crippen LogP contribution in [-0.2, 0) is 0 Å². The van der Waals surface area contributed by atoms with Gasteiger partial charge in [-0.05, 0) is 30.5 Å². The van der Waals surface area contributed by atoms with Gasteiger partial charge in [0.25, 0.3) is 0 Å². The predicted octanol–water partition coefficient (Wildman–Crippen LogP) is 3.78.